The van der Waals surface area contributed by atoms with Crippen LogP contribution in [-0.2, 0) is 0 Å². The van der Waals surface area contributed by atoms with E-state index in [1.54, 1.807) is 11.8 Å². The van der Waals surface area contributed by atoms with Crippen molar-refractivity contribution < 1.29 is 24.6 Å². The van der Waals surface area contributed by atoms with Gasteiger partial charge in [0.2, 0.25) is 0 Å². The maximum Gasteiger partial charge on any atom is 0.335 e. The second-order valence-electron chi connectivity index (χ2n) is 4.72. The molecular formula is C14H19N3O5. The number of aryl methyl sites for hydroxylation is 1. The van der Waals surface area contributed by atoms with Crippen LogP contribution < -0.4 is 11.1 Å². The van der Waals surface area contributed by atoms with Gasteiger partial charge in [-0.25, -0.2) is 14.4 Å². The monoisotopic (exact) mass is 309 g/mol. The number of piperazine rings is 1. The molecule has 120 valence electrons. The third kappa shape index (κ3) is 5.06. The Bertz CT molecular complexity index is 568. The topological polar surface area (TPSA) is 133 Å². The second kappa shape index (κ2) is 7.99. The molecule has 1 aliphatic heterocycles. The van der Waals surface area contributed by atoms with Crippen LogP contribution in [0.25, 0.3) is 0 Å². The Kier molecular flexibility index (Phi) is 6.33. The van der Waals surface area contributed by atoms with Crippen LogP contribution in [0.2, 0.25) is 0 Å². The predicted molar refractivity (Wildman–Crippen MR) is 79.1 cm³/mol. The zero-order valence-electron chi connectivity index (χ0n) is 12.2. The largest absolute Gasteiger partial charge is 0.478 e. The van der Waals surface area contributed by atoms with Gasteiger partial charge < -0.3 is 26.2 Å². The van der Waals surface area contributed by atoms with Gasteiger partial charge in [-0.3, -0.25) is 0 Å². The molecule has 0 aromatic heterocycles. The van der Waals surface area contributed by atoms with E-state index in [0.29, 0.717) is 5.56 Å². The molecule has 0 aliphatic carbocycles. The number of primary amides is 1. The number of carbonyl (C=O) groups is 3. The maximum atomic E-state index is 10.6. The molecule has 1 aromatic carbocycles. The zero-order chi connectivity index (χ0) is 16.7. The first-order valence-electron chi connectivity index (χ1n) is 6.65. The summed E-state index contributed by atoms with van der Waals surface area (Å²) in [5.74, 6) is -2.23. The number of amides is 2. The van der Waals surface area contributed by atoms with E-state index >= 15 is 0 Å². The number of carboxylic acids is 2. The first kappa shape index (κ1) is 17.4. The molecule has 8 heteroatoms. The third-order valence-corrected chi connectivity index (χ3v) is 3.14. The van der Waals surface area contributed by atoms with Gasteiger partial charge in [-0.15, -0.1) is 0 Å². The van der Waals surface area contributed by atoms with Gasteiger partial charge in [-0.05, 0) is 24.6 Å². The van der Waals surface area contributed by atoms with E-state index in [0.717, 1.165) is 32.2 Å². The summed E-state index contributed by atoms with van der Waals surface area (Å²) in [4.78, 5) is 33.2. The summed E-state index contributed by atoms with van der Waals surface area (Å²) in [5, 5.41) is 20.4. The molecule has 0 spiro atoms. The van der Waals surface area contributed by atoms with Crippen molar-refractivity contribution in [3.05, 3.63) is 34.9 Å². The smallest absolute Gasteiger partial charge is 0.335 e. The lowest BCUT2D eigenvalue weighted by atomic mass is 10.1. The van der Waals surface area contributed by atoms with Crippen molar-refractivity contribution in [1.82, 2.24) is 10.2 Å². The molecule has 1 heterocycles. The molecule has 0 saturated carbocycles. The summed E-state index contributed by atoms with van der Waals surface area (Å²) in [6, 6.07) is 3.70. The number of nitrogens with two attached hydrogens (primary N) is 1. The highest BCUT2D eigenvalue weighted by Gasteiger charge is 2.11. The van der Waals surface area contributed by atoms with Crippen molar-refractivity contribution in [1.29, 1.82) is 0 Å². The highest BCUT2D eigenvalue weighted by atomic mass is 16.4. The summed E-state index contributed by atoms with van der Waals surface area (Å²) in [6.45, 7) is 4.84. The van der Waals surface area contributed by atoms with Gasteiger partial charge in [0.25, 0.3) is 0 Å². The number of hydrogen-bond acceptors (Lipinski definition) is 4. The highest BCUT2D eigenvalue weighted by molar-refractivity contribution is 5.94. The molecule has 0 bridgehead atoms. The van der Waals surface area contributed by atoms with Crippen molar-refractivity contribution in [3.63, 3.8) is 0 Å². The van der Waals surface area contributed by atoms with Crippen LogP contribution in [0.3, 0.4) is 0 Å². The minimum atomic E-state index is -1.12. The lowest BCUT2D eigenvalue weighted by molar-refractivity contribution is 0.0695. The molecule has 8 nitrogen and oxygen atoms in total. The number of benzene rings is 1. The van der Waals surface area contributed by atoms with Crippen LogP contribution >= 0.6 is 0 Å². The molecule has 0 unspecified atom stereocenters. The fourth-order valence-corrected chi connectivity index (χ4v) is 1.87. The Balaban J connectivity index is 0.000000235. The van der Waals surface area contributed by atoms with Gasteiger partial charge >= 0.3 is 18.0 Å². The maximum absolute atomic E-state index is 10.6. The van der Waals surface area contributed by atoms with E-state index in [9.17, 15) is 14.4 Å². The van der Waals surface area contributed by atoms with Gasteiger partial charge in [0.1, 0.15) is 0 Å². The molecule has 22 heavy (non-hydrogen) atoms. The average Bonchev–Trinajstić information content (AvgIpc) is 2.48. The molecule has 0 atom stereocenters. The summed E-state index contributed by atoms with van der Waals surface area (Å²) in [7, 11) is 0. The van der Waals surface area contributed by atoms with Gasteiger partial charge in [-0.2, -0.15) is 0 Å². The Morgan fingerprint density at radius 2 is 1.73 bits per heavy atom. The van der Waals surface area contributed by atoms with Crippen molar-refractivity contribution in [2.24, 2.45) is 5.73 Å². The first-order chi connectivity index (χ1) is 10.3. The SMILES string of the molecule is Cc1ccc(C(=O)O)cc1C(=O)O.NC(=O)N1CCNCC1. The Morgan fingerprint density at radius 3 is 2.14 bits per heavy atom. The van der Waals surface area contributed by atoms with E-state index in [-0.39, 0.29) is 17.2 Å². The van der Waals surface area contributed by atoms with Gasteiger partial charge in [-0.1, -0.05) is 6.07 Å². The van der Waals surface area contributed by atoms with E-state index in [4.69, 9.17) is 15.9 Å². The molecule has 1 aromatic rings. The van der Waals surface area contributed by atoms with Crippen LogP contribution in [0, 0.1) is 6.92 Å². The van der Waals surface area contributed by atoms with Gasteiger partial charge in [0.05, 0.1) is 11.1 Å². The predicted octanol–water partition coefficient (Wildman–Crippen LogP) is 0.362. The quantitative estimate of drug-likeness (QED) is 0.623. The number of rotatable bonds is 2. The molecule has 0 radical (unpaired) electrons. The number of carbonyl (C=O) groups excluding carboxylic acids is 1. The third-order valence-electron chi connectivity index (χ3n) is 3.14. The van der Waals surface area contributed by atoms with Gasteiger partial charge in [0.15, 0.2) is 0 Å². The Morgan fingerprint density at radius 1 is 1.14 bits per heavy atom. The van der Waals surface area contributed by atoms with Crippen LogP contribution in [0.5, 0.6) is 0 Å². The lowest BCUT2D eigenvalue weighted by Crippen LogP contribution is -2.48. The summed E-state index contributed by atoms with van der Waals surface area (Å²) >= 11 is 0. The van der Waals surface area contributed by atoms with Crippen LogP contribution in [0.4, 0.5) is 4.79 Å². The highest BCUT2D eigenvalue weighted by Crippen LogP contribution is 2.11. The van der Waals surface area contributed by atoms with E-state index in [2.05, 4.69) is 5.32 Å². The summed E-state index contributed by atoms with van der Waals surface area (Å²) < 4.78 is 0. The molecule has 5 N–H and O–H groups in total. The summed E-state index contributed by atoms with van der Waals surface area (Å²) in [5.41, 5.74) is 5.60. The Hall–Kier alpha value is -2.61. The number of urea groups is 1. The Labute approximate surface area is 127 Å². The van der Waals surface area contributed by atoms with Crippen LogP contribution in [0.1, 0.15) is 26.3 Å². The lowest BCUT2D eigenvalue weighted by Gasteiger charge is -2.25. The number of aromatic carboxylic acids is 2. The number of hydrogen-bond donors (Lipinski definition) is 4. The van der Waals surface area contributed by atoms with E-state index in [1.165, 1.54) is 12.1 Å². The number of carboxylic acid groups (broad SMARTS) is 2. The van der Waals surface area contributed by atoms with Crippen molar-refractivity contribution in [2.45, 2.75) is 6.92 Å². The molecule has 2 rings (SSSR count). The first-order valence-corrected chi connectivity index (χ1v) is 6.65. The van der Waals surface area contributed by atoms with Crippen molar-refractivity contribution in [3.8, 4) is 0 Å². The normalized spacial score (nSPS) is 13.8. The minimum Gasteiger partial charge on any atom is -0.478 e. The molecule has 1 aliphatic rings. The fourth-order valence-electron chi connectivity index (χ4n) is 1.87. The zero-order valence-corrected chi connectivity index (χ0v) is 12.2. The van der Waals surface area contributed by atoms with Crippen LogP contribution in [0.15, 0.2) is 18.2 Å². The summed E-state index contributed by atoms with van der Waals surface area (Å²) in [6.07, 6.45) is 0. The standard InChI is InChI=1S/C9H8O4.C5H11N3O/c1-5-2-3-6(8(10)11)4-7(5)9(12)13;6-5(9)8-3-1-7-2-4-8/h2-4H,1H3,(H,10,11)(H,12,13);7H,1-4H2,(H2,6,9). The van der Waals surface area contributed by atoms with Crippen LogP contribution in [-0.4, -0.2) is 59.3 Å². The number of nitrogens with one attached hydrogen (secondary N) is 1. The fraction of sp³-hybridized carbons (Fsp3) is 0.357. The van der Waals surface area contributed by atoms with Crippen molar-refractivity contribution >= 4 is 18.0 Å². The molecular weight excluding hydrogens is 290 g/mol. The minimum absolute atomic E-state index is 0.0111. The average molecular weight is 309 g/mol. The second-order valence-corrected chi connectivity index (χ2v) is 4.72. The molecule has 1 fully saturated rings. The van der Waals surface area contributed by atoms with E-state index in [1.807, 2.05) is 0 Å². The molecule has 1 saturated heterocycles. The number of nitrogens with zero attached hydrogens (tertiary/aromatic N) is 1. The van der Waals surface area contributed by atoms with Crippen molar-refractivity contribution in [2.75, 3.05) is 26.2 Å². The van der Waals surface area contributed by atoms with E-state index < -0.39 is 11.9 Å². The molecule has 2 amide bonds. The van der Waals surface area contributed by atoms with Gasteiger partial charge in [0, 0.05) is 26.2 Å².